The zero-order valence-electron chi connectivity index (χ0n) is 7.75. The minimum atomic E-state index is -0.983. The van der Waals surface area contributed by atoms with Crippen molar-refractivity contribution in [2.75, 3.05) is 5.73 Å². The first-order valence-electron chi connectivity index (χ1n) is 4.24. The van der Waals surface area contributed by atoms with Gasteiger partial charge in [-0.1, -0.05) is 0 Å². The van der Waals surface area contributed by atoms with Crippen LogP contribution >= 0.6 is 0 Å². The van der Waals surface area contributed by atoms with Crippen molar-refractivity contribution in [3.8, 4) is 11.3 Å². The fourth-order valence-corrected chi connectivity index (χ4v) is 1.24. The molecule has 0 atom stereocenters. The molecule has 2 aromatic heterocycles. The number of aromatic nitrogens is 2. The first kappa shape index (κ1) is 9.32. The maximum atomic E-state index is 10.5. The first-order chi connectivity index (χ1) is 7.16. The Bertz CT molecular complexity index is 473. The quantitative estimate of drug-likeness (QED) is 0.776. The van der Waals surface area contributed by atoms with E-state index in [1.54, 1.807) is 12.1 Å². The molecule has 0 aliphatic carbocycles. The topological polar surface area (TPSA) is 94.3 Å². The second-order valence-electron chi connectivity index (χ2n) is 3.02. The van der Waals surface area contributed by atoms with Gasteiger partial charge in [0.05, 0.1) is 18.2 Å². The lowest BCUT2D eigenvalue weighted by atomic mass is 10.2. The van der Waals surface area contributed by atoms with E-state index in [0.717, 1.165) is 5.56 Å². The first-order valence-corrected chi connectivity index (χ1v) is 4.24. The van der Waals surface area contributed by atoms with Crippen molar-refractivity contribution < 1.29 is 14.3 Å². The number of aliphatic carboxylic acids is 1. The molecule has 2 rings (SSSR count). The molecule has 3 N–H and O–H groups in total. The van der Waals surface area contributed by atoms with Crippen molar-refractivity contribution in [2.45, 2.75) is 6.54 Å². The summed E-state index contributed by atoms with van der Waals surface area (Å²) in [6, 6.07) is 3.33. The highest BCUT2D eigenvalue weighted by Crippen LogP contribution is 2.20. The number of nitrogens with two attached hydrogens (primary N) is 1. The number of nitrogen functional groups attached to an aromatic ring is 1. The predicted molar refractivity (Wildman–Crippen MR) is 52.0 cm³/mol. The molecule has 0 aliphatic heterocycles. The number of furan rings is 1. The average molecular weight is 207 g/mol. The van der Waals surface area contributed by atoms with E-state index in [4.69, 9.17) is 15.3 Å². The van der Waals surface area contributed by atoms with Crippen LogP contribution in [0.2, 0.25) is 0 Å². The molecule has 0 radical (unpaired) electrons. The summed E-state index contributed by atoms with van der Waals surface area (Å²) in [5, 5.41) is 12.6. The van der Waals surface area contributed by atoms with Crippen LogP contribution < -0.4 is 5.73 Å². The van der Waals surface area contributed by atoms with E-state index in [9.17, 15) is 4.79 Å². The van der Waals surface area contributed by atoms with Crippen LogP contribution in [0.5, 0.6) is 0 Å². The standard InChI is InChI=1S/C9H9N3O3/c10-8-3-7(6-1-2-15-5-6)11-12(8)4-9(13)14/h1-3,5H,4,10H2,(H,13,14). The average Bonchev–Trinajstić information content (AvgIpc) is 2.75. The number of hydrogen-bond acceptors (Lipinski definition) is 4. The second-order valence-corrected chi connectivity index (χ2v) is 3.02. The van der Waals surface area contributed by atoms with Gasteiger partial charge in [0.1, 0.15) is 12.4 Å². The second kappa shape index (κ2) is 3.49. The summed E-state index contributed by atoms with van der Waals surface area (Å²) in [7, 11) is 0. The largest absolute Gasteiger partial charge is 0.480 e. The lowest BCUT2D eigenvalue weighted by Gasteiger charge is -1.97. The lowest BCUT2D eigenvalue weighted by molar-refractivity contribution is -0.137. The van der Waals surface area contributed by atoms with Crippen molar-refractivity contribution in [3.05, 3.63) is 24.7 Å². The molecule has 6 heteroatoms. The van der Waals surface area contributed by atoms with E-state index >= 15 is 0 Å². The van der Waals surface area contributed by atoms with E-state index in [2.05, 4.69) is 5.10 Å². The molecule has 0 spiro atoms. The Kier molecular flexibility index (Phi) is 2.17. The molecule has 0 unspecified atom stereocenters. The number of rotatable bonds is 3. The van der Waals surface area contributed by atoms with Crippen LogP contribution in [0.4, 0.5) is 5.82 Å². The van der Waals surface area contributed by atoms with E-state index in [-0.39, 0.29) is 6.54 Å². The number of carboxylic acid groups (broad SMARTS) is 1. The zero-order chi connectivity index (χ0) is 10.8. The number of carboxylic acids is 1. The van der Waals surface area contributed by atoms with Crippen LogP contribution in [0, 0.1) is 0 Å². The molecule has 0 bridgehead atoms. The Labute approximate surface area is 84.9 Å². The fourth-order valence-electron chi connectivity index (χ4n) is 1.24. The Morgan fingerprint density at radius 3 is 3.07 bits per heavy atom. The number of nitrogens with zero attached hydrogens (tertiary/aromatic N) is 2. The van der Waals surface area contributed by atoms with Gasteiger partial charge >= 0.3 is 5.97 Å². The summed E-state index contributed by atoms with van der Waals surface area (Å²) in [5.74, 6) is -0.669. The van der Waals surface area contributed by atoms with Gasteiger partial charge in [-0.05, 0) is 6.07 Å². The van der Waals surface area contributed by atoms with Gasteiger partial charge in [0.15, 0.2) is 0 Å². The van der Waals surface area contributed by atoms with Crippen molar-refractivity contribution in [1.29, 1.82) is 0 Å². The van der Waals surface area contributed by atoms with Crippen LogP contribution in [-0.2, 0) is 11.3 Å². The fraction of sp³-hybridized carbons (Fsp3) is 0.111. The van der Waals surface area contributed by atoms with Crippen LogP contribution in [0.1, 0.15) is 0 Å². The van der Waals surface area contributed by atoms with E-state index in [1.807, 2.05) is 0 Å². The molecule has 0 aliphatic rings. The summed E-state index contributed by atoms with van der Waals surface area (Å²) in [4.78, 5) is 10.5. The molecule has 0 saturated heterocycles. The molecular weight excluding hydrogens is 198 g/mol. The monoisotopic (exact) mass is 207 g/mol. The Morgan fingerprint density at radius 2 is 2.47 bits per heavy atom. The summed E-state index contributed by atoms with van der Waals surface area (Å²) >= 11 is 0. The molecule has 0 fully saturated rings. The third-order valence-corrected chi connectivity index (χ3v) is 1.91. The molecule has 2 aromatic rings. The molecule has 0 aromatic carbocycles. The SMILES string of the molecule is Nc1cc(-c2ccoc2)nn1CC(=O)O. The molecular formula is C9H9N3O3. The maximum Gasteiger partial charge on any atom is 0.325 e. The van der Waals surface area contributed by atoms with Crippen molar-refractivity contribution >= 4 is 11.8 Å². The van der Waals surface area contributed by atoms with Crippen molar-refractivity contribution in [3.63, 3.8) is 0 Å². The van der Waals surface area contributed by atoms with Gasteiger partial charge in [-0.15, -0.1) is 0 Å². The normalized spacial score (nSPS) is 10.4. The van der Waals surface area contributed by atoms with Crippen LogP contribution in [0.15, 0.2) is 29.1 Å². The Hall–Kier alpha value is -2.24. The highest BCUT2D eigenvalue weighted by atomic mass is 16.4. The zero-order valence-corrected chi connectivity index (χ0v) is 7.75. The summed E-state index contributed by atoms with van der Waals surface area (Å²) in [5.41, 5.74) is 6.97. The molecule has 0 amide bonds. The van der Waals surface area contributed by atoms with E-state index in [0.29, 0.717) is 11.5 Å². The van der Waals surface area contributed by atoms with Crippen LogP contribution in [0.25, 0.3) is 11.3 Å². The van der Waals surface area contributed by atoms with Crippen LogP contribution in [-0.4, -0.2) is 20.9 Å². The van der Waals surface area contributed by atoms with Gasteiger partial charge in [-0.3, -0.25) is 4.79 Å². The third-order valence-electron chi connectivity index (χ3n) is 1.91. The molecule has 2 heterocycles. The summed E-state index contributed by atoms with van der Waals surface area (Å²) in [6.45, 7) is -0.246. The Balaban J connectivity index is 2.33. The van der Waals surface area contributed by atoms with Crippen LogP contribution in [0.3, 0.4) is 0 Å². The number of carbonyl (C=O) groups is 1. The maximum absolute atomic E-state index is 10.5. The highest BCUT2D eigenvalue weighted by Gasteiger charge is 2.09. The minimum absolute atomic E-state index is 0.246. The van der Waals surface area contributed by atoms with Crippen molar-refractivity contribution in [1.82, 2.24) is 9.78 Å². The summed E-state index contributed by atoms with van der Waals surface area (Å²) in [6.07, 6.45) is 3.04. The van der Waals surface area contributed by atoms with Gasteiger partial charge in [-0.25, -0.2) is 4.68 Å². The lowest BCUT2D eigenvalue weighted by Crippen LogP contribution is -2.12. The summed E-state index contributed by atoms with van der Waals surface area (Å²) < 4.78 is 6.12. The van der Waals surface area contributed by atoms with E-state index in [1.165, 1.54) is 17.2 Å². The number of anilines is 1. The Morgan fingerprint density at radius 1 is 1.67 bits per heavy atom. The molecule has 15 heavy (non-hydrogen) atoms. The van der Waals surface area contributed by atoms with Gasteiger partial charge in [0, 0.05) is 11.6 Å². The van der Waals surface area contributed by atoms with E-state index < -0.39 is 5.97 Å². The predicted octanol–water partition coefficient (Wildman–Crippen LogP) is 0.810. The van der Waals surface area contributed by atoms with Gasteiger partial charge < -0.3 is 15.3 Å². The third kappa shape index (κ3) is 1.83. The molecule has 6 nitrogen and oxygen atoms in total. The van der Waals surface area contributed by atoms with Crippen molar-refractivity contribution in [2.24, 2.45) is 0 Å². The molecule has 0 saturated carbocycles. The van der Waals surface area contributed by atoms with Gasteiger partial charge in [0.25, 0.3) is 0 Å². The van der Waals surface area contributed by atoms with Gasteiger partial charge in [0.2, 0.25) is 0 Å². The smallest absolute Gasteiger partial charge is 0.325 e. The minimum Gasteiger partial charge on any atom is -0.480 e. The van der Waals surface area contributed by atoms with Gasteiger partial charge in [-0.2, -0.15) is 5.10 Å². The molecule has 78 valence electrons. The highest BCUT2D eigenvalue weighted by molar-refractivity contribution is 5.68. The number of hydrogen-bond donors (Lipinski definition) is 2.